The second-order valence-electron chi connectivity index (χ2n) is 6.14. The van der Waals surface area contributed by atoms with Crippen molar-refractivity contribution >= 4 is 0 Å². The van der Waals surface area contributed by atoms with Crippen LogP contribution >= 0.6 is 0 Å². The Labute approximate surface area is 127 Å². The van der Waals surface area contributed by atoms with Crippen molar-refractivity contribution in [2.24, 2.45) is 0 Å². The molecule has 2 aromatic rings. The van der Waals surface area contributed by atoms with Crippen molar-refractivity contribution in [3.63, 3.8) is 0 Å². The number of benzene rings is 2. The van der Waals surface area contributed by atoms with Gasteiger partial charge in [0.15, 0.2) is 0 Å². The summed E-state index contributed by atoms with van der Waals surface area (Å²) in [5.41, 5.74) is 5.24. The topological polar surface area (TPSA) is 9.23 Å². The second-order valence-corrected chi connectivity index (χ2v) is 6.14. The Hall–Kier alpha value is -2.02. The molecule has 0 amide bonds. The van der Waals surface area contributed by atoms with E-state index in [0.29, 0.717) is 5.92 Å². The van der Waals surface area contributed by atoms with Gasteiger partial charge in [-0.3, -0.25) is 0 Å². The SMILES string of the molecule is CC(C)=CC1CC(c2ccccc2)Oc2ccc(C)cc21. The Morgan fingerprint density at radius 1 is 1.10 bits per heavy atom. The van der Waals surface area contributed by atoms with E-state index in [1.807, 2.05) is 0 Å². The lowest BCUT2D eigenvalue weighted by molar-refractivity contribution is 0.168. The normalized spacial score (nSPS) is 20.3. The molecule has 1 heteroatoms. The van der Waals surface area contributed by atoms with E-state index in [2.05, 4.69) is 75.4 Å². The van der Waals surface area contributed by atoms with Gasteiger partial charge in [-0.25, -0.2) is 0 Å². The molecule has 2 aromatic carbocycles. The quantitative estimate of drug-likeness (QED) is 0.653. The first-order valence-corrected chi connectivity index (χ1v) is 7.60. The van der Waals surface area contributed by atoms with Crippen LogP contribution in [0.3, 0.4) is 0 Å². The van der Waals surface area contributed by atoms with E-state index in [1.165, 1.54) is 22.3 Å². The number of aryl methyl sites for hydroxylation is 1. The summed E-state index contributed by atoms with van der Waals surface area (Å²) in [4.78, 5) is 0. The van der Waals surface area contributed by atoms with Gasteiger partial charge in [0.05, 0.1) is 0 Å². The van der Waals surface area contributed by atoms with Crippen LogP contribution in [0.5, 0.6) is 5.75 Å². The first-order valence-electron chi connectivity index (χ1n) is 7.60. The standard InChI is InChI=1S/C20H22O/c1-14(2)11-17-13-20(16-7-5-4-6-8-16)21-19-10-9-15(3)12-18(17)19/h4-12,17,20H,13H2,1-3H3. The number of hydrogen-bond donors (Lipinski definition) is 0. The lowest BCUT2D eigenvalue weighted by Gasteiger charge is -2.31. The minimum Gasteiger partial charge on any atom is -0.485 e. The molecule has 0 aromatic heterocycles. The first-order chi connectivity index (χ1) is 10.1. The highest BCUT2D eigenvalue weighted by atomic mass is 16.5. The molecule has 0 saturated carbocycles. The van der Waals surface area contributed by atoms with E-state index in [9.17, 15) is 0 Å². The molecule has 1 aliphatic rings. The number of allylic oxidation sites excluding steroid dienone is 2. The monoisotopic (exact) mass is 278 g/mol. The van der Waals surface area contributed by atoms with Gasteiger partial charge >= 0.3 is 0 Å². The molecule has 3 rings (SSSR count). The maximum absolute atomic E-state index is 6.26. The van der Waals surface area contributed by atoms with Gasteiger partial charge in [0.25, 0.3) is 0 Å². The largest absolute Gasteiger partial charge is 0.485 e. The van der Waals surface area contributed by atoms with Crippen LogP contribution in [0.25, 0.3) is 0 Å². The van der Waals surface area contributed by atoms with Crippen molar-refractivity contribution in [3.05, 3.63) is 76.9 Å². The van der Waals surface area contributed by atoms with Crippen molar-refractivity contribution in [1.82, 2.24) is 0 Å². The summed E-state index contributed by atoms with van der Waals surface area (Å²) in [6, 6.07) is 17.0. The highest BCUT2D eigenvalue weighted by Gasteiger charge is 2.27. The van der Waals surface area contributed by atoms with Gasteiger partial charge in [-0.2, -0.15) is 0 Å². The van der Waals surface area contributed by atoms with Crippen LogP contribution < -0.4 is 4.74 Å². The molecule has 108 valence electrons. The van der Waals surface area contributed by atoms with E-state index in [-0.39, 0.29) is 6.10 Å². The Balaban J connectivity index is 2.01. The summed E-state index contributed by atoms with van der Waals surface area (Å²) >= 11 is 0. The molecule has 0 spiro atoms. The molecule has 1 nitrogen and oxygen atoms in total. The van der Waals surface area contributed by atoms with E-state index in [1.54, 1.807) is 0 Å². The van der Waals surface area contributed by atoms with Crippen molar-refractivity contribution in [2.45, 2.75) is 39.2 Å². The third kappa shape index (κ3) is 3.02. The fourth-order valence-electron chi connectivity index (χ4n) is 3.06. The molecule has 0 bridgehead atoms. The molecule has 2 unspecified atom stereocenters. The lowest BCUT2D eigenvalue weighted by atomic mass is 9.85. The molecule has 21 heavy (non-hydrogen) atoms. The average molecular weight is 278 g/mol. The molecule has 0 N–H and O–H groups in total. The highest BCUT2D eigenvalue weighted by Crippen LogP contribution is 2.43. The average Bonchev–Trinajstić information content (AvgIpc) is 2.48. The van der Waals surface area contributed by atoms with E-state index in [0.717, 1.165) is 12.2 Å². The zero-order valence-corrected chi connectivity index (χ0v) is 13.0. The predicted molar refractivity (Wildman–Crippen MR) is 87.8 cm³/mol. The molecule has 0 fully saturated rings. The smallest absolute Gasteiger partial charge is 0.125 e. The summed E-state index contributed by atoms with van der Waals surface area (Å²) in [6.45, 7) is 6.48. The Morgan fingerprint density at radius 3 is 2.57 bits per heavy atom. The van der Waals surface area contributed by atoms with Gasteiger partial charge in [-0.15, -0.1) is 0 Å². The number of rotatable bonds is 2. The van der Waals surface area contributed by atoms with Gasteiger partial charge in [-0.05, 0) is 38.8 Å². The Bertz CT molecular complexity index is 651. The van der Waals surface area contributed by atoms with Crippen LogP contribution in [-0.2, 0) is 0 Å². The Morgan fingerprint density at radius 2 is 1.86 bits per heavy atom. The second kappa shape index (κ2) is 5.77. The molecule has 1 aliphatic heterocycles. The van der Waals surface area contributed by atoms with Crippen LogP contribution in [0, 0.1) is 6.92 Å². The molecule has 0 aliphatic carbocycles. The van der Waals surface area contributed by atoms with Crippen LogP contribution in [0.4, 0.5) is 0 Å². The molecule has 1 heterocycles. The fraction of sp³-hybridized carbons (Fsp3) is 0.300. The maximum Gasteiger partial charge on any atom is 0.125 e. The third-order valence-electron chi connectivity index (χ3n) is 4.01. The number of ether oxygens (including phenoxy) is 1. The van der Waals surface area contributed by atoms with Gasteiger partial charge in [0.2, 0.25) is 0 Å². The molecule has 0 radical (unpaired) electrons. The van der Waals surface area contributed by atoms with Crippen LogP contribution in [0.15, 0.2) is 60.2 Å². The summed E-state index contributed by atoms with van der Waals surface area (Å²) in [6.07, 6.45) is 3.52. The minimum atomic E-state index is 0.141. The van der Waals surface area contributed by atoms with Gasteiger partial charge in [-0.1, -0.05) is 59.7 Å². The van der Waals surface area contributed by atoms with E-state index >= 15 is 0 Å². The van der Waals surface area contributed by atoms with Gasteiger partial charge in [0, 0.05) is 11.5 Å². The lowest BCUT2D eigenvalue weighted by Crippen LogP contribution is -2.18. The zero-order chi connectivity index (χ0) is 14.8. The number of hydrogen-bond acceptors (Lipinski definition) is 1. The Kier molecular flexibility index (Phi) is 3.83. The molecular formula is C20H22O. The summed E-state index contributed by atoms with van der Waals surface area (Å²) in [5, 5.41) is 0. The minimum absolute atomic E-state index is 0.141. The zero-order valence-electron chi connectivity index (χ0n) is 13.0. The summed E-state index contributed by atoms with van der Waals surface area (Å²) in [5.74, 6) is 1.46. The van der Waals surface area contributed by atoms with Crippen LogP contribution in [0.2, 0.25) is 0 Å². The fourth-order valence-corrected chi connectivity index (χ4v) is 3.06. The highest BCUT2D eigenvalue weighted by molar-refractivity contribution is 5.44. The molecular weight excluding hydrogens is 256 g/mol. The summed E-state index contributed by atoms with van der Waals surface area (Å²) < 4.78 is 6.26. The summed E-state index contributed by atoms with van der Waals surface area (Å²) in [7, 11) is 0. The molecule has 0 saturated heterocycles. The van der Waals surface area contributed by atoms with Gasteiger partial charge in [0.1, 0.15) is 11.9 Å². The van der Waals surface area contributed by atoms with E-state index < -0.39 is 0 Å². The van der Waals surface area contributed by atoms with Crippen molar-refractivity contribution < 1.29 is 4.74 Å². The van der Waals surface area contributed by atoms with Crippen molar-refractivity contribution in [1.29, 1.82) is 0 Å². The maximum atomic E-state index is 6.26. The predicted octanol–water partition coefficient (Wildman–Crippen LogP) is 5.57. The van der Waals surface area contributed by atoms with Crippen molar-refractivity contribution in [3.8, 4) is 5.75 Å². The molecule has 2 atom stereocenters. The third-order valence-corrected chi connectivity index (χ3v) is 4.01. The van der Waals surface area contributed by atoms with Gasteiger partial charge < -0.3 is 4.74 Å². The van der Waals surface area contributed by atoms with Crippen LogP contribution in [-0.4, -0.2) is 0 Å². The van der Waals surface area contributed by atoms with Crippen molar-refractivity contribution in [2.75, 3.05) is 0 Å². The van der Waals surface area contributed by atoms with E-state index in [4.69, 9.17) is 4.74 Å². The van der Waals surface area contributed by atoms with Crippen LogP contribution in [0.1, 0.15) is 49.0 Å². The number of fused-ring (bicyclic) bond motifs is 1. The first kappa shape index (κ1) is 13.9.